The summed E-state index contributed by atoms with van der Waals surface area (Å²) in [5.74, 6) is -0.196. The van der Waals surface area contributed by atoms with Gasteiger partial charge in [0.15, 0.2) is 0 Å². The van der Waals surface area contributed by atoms with Crippen molar-refractivity contribution in [3.05, 3.63) is 45.8 Å². The lowest BCUT2D eigenvalue weighted by molar-refractivity contribution is 0.0688. The molecule has 2 rings (SSSR count). The summed E-state index contributed by atoms with van der Waals surface area (Å²) in [5.41, 5.74) is 1.03. The van der Waals surface area contributed by atoms with E-state index in [-0.39, 0.29) is 11.8 Å². The maximum absolute atomic E-state index is 11.3. The summed E-state index contributed by atoms with van der Waals surface area (Å²) in [6, 6.07) is 9.11. The van der Waals surface area contributed by atoms with Gasteiger partial charge in [-0.2, -0.15) is 0 Å². The molecule has 0 saturated heterocycles. The van der Waals surface area contributed by atoms with Crippen LogP contribution < -0.4 is 4.74 Å². The number of hydrogen-bond acceptors (Lipinski definition) is 2. The summed E-state index contributed by atoms with van der Waals surface area (Å²) in [7, 11) is 0. The minimum absolute atomic E-state index is 0.133. The van der Waals surface area contributed by atoms with Crippen LogP contribution in [-0.2, 0) is 0 Å². The smallest absolute Gasteiger partial charge is 0.352 e. The lowest BCUT2D eigenvalue weighted by Crippen LogP contribution is -2.10. The Balaban J connectivity index is 2.38. The van der Waals surface area contributed by atoms with Gasteiger partial charge in [0.2, 0.25) is 0 Å². The van der Waals surface area contributed by atoms with Crippen LogP contribution in [0.1, 0.15) is 30.8 Å². The summed E-state index contributed by atoms with van der Waals surface area (Å²) in [6.45, 7) is 4.07. The van der Waals surface area contributed by atoms with Crippen LogP contribution in [0.25, 0.3) is 5.69 Å². The zero-order valence-corrected chi connectivity index (χ0v) is 13.5. The molecule has 0 amide bonds. The molecule has 0 spiro atoms. The number of aromatic nitrogens is 1. The van der Waals surface area contributed by atoms with Crippen molar-refractivity contribution in [2.45, 2.75) is 26.4 Å². The Kier molecular flexibility index (Phi) is 4.69. The molecule has 4 nitrogen and oxygen atoms in total. The molecule has 0 fully saturated rings. The Morgan fingerprint density at radius 3 is 2.85 bits per heavy atom. The molecule has 0 aliphatic heterocycles. The highest BCUT2D eigenvalue weighted by Gasteiger charge is 2.13. The van der Waals surface area contributed by atoms with Crippen molar-refractivity contribution < 1.29 is 14.6 Å². The third-order valence-corrected chi connectivity index (χ3v) is 3.60. The van der Waals surface area contributed by atoms with Crippen LogP contribution in [0.3, 0.4) is 0 Å². The van der Waals surface area contributed by atoms with Gasteiger partial charge >= 0.3 is 5.97 Å². The van der Waals surface area contributed by atoms with Crippen molar-refractivity contribution in [3.8, 4) is 11.4 Å². The quantitative estimate of drug-likeness (QED) is 0.793. The first-order valence-electron chi connectivity index (χ1n) is 6.39. The average Bonchev–Trinajstić information content (AvgIpc) is 2.81. The highest BCUT2D eigenvalue weighted by atomic mass is 127. The van der Waals surface area contributed by atoms with Gasteiger partial charge in [0.1, 0.15) is 11.4 Å². The molecule has 0 aliphatic rings. The molecule has 5 heteroatoms. The number of aromatic carboxylic acids is 1. The second-order valence-corrected chi connectivity index (χ2v) is 5.80. The largest absolute Gasteiger partial charge is 0.491 e. The first-order chi connectivity index (χ1) is 9.51. The molecule has 0 radical (unpaired) electrons. The normalized spacial score (nSPS) is 12.2. The average molecular weight is 385 g/mol. The molecule has 1 aromatic carbocycles. The van der Waals surface area contributed by atoms with Crippen molar-refractivity contribution in [1.82, 2.24) is 4.57 Å². The first-order valence-corrected chi connectivity index (χ1v) is 7.47. The van der Waals surface area contributed by atoms with Crippen LogP contribution >= 0.6 is 22.6 Å². The fourth-order valence-electron chi connectivity index (χ4n) is 1.83. The number of hydrogen-bond donors (Lipinski definition) is 1. The molecule has 1 unspecified atom stereocenters. The minimum Gasteiger partial charge on any atom is -0.491 e. The highest BCUT2D eigenvalue weighted by molar-refractivity contribution is 14.1. The van der Waals surface area contributed by atoms with Gasteiger partial charge in [0.05, 0.1) is 6.10 Å². The Morgan fingerprint density at radius 1 is 1.45 bits per heavy atom. The number of benzene rings is 1. The zero-order chi connectivity index (χ0) is 14.7. The molecule has 1 aromatic heterocycles. The van der Waals surface area contributed by atoms with E-state index in [1.807, 2.05) is 31.2 Å². The highest BCUT2D eigenvalue weighted by Crippen LogP contribution is 2.22. The molecule has 1 atom stereocenters. The van der Waals surface area contributed by atoms with E-state index in [2.05, 4.69) is 29.5 Å². The first kappa shape index (κ1) is 14.9. The standard InChI is InChI=1S/C15H16INO3/c1-3-10(2)20-13-6-4-5-12(8-13)17-9-11(16)7-14(17)15(18)19/h4-10H,3H2,1-2H3,(H,18,19). The number of carbonyl (C=O) groups is 1. The summed E-state index contributed by atoms with van der Waals surface area (Å²) in [6.07, 6.45) is 2.85. The molecule has 106 valence electrons. The molecule has 20 heavy (non-hydrogen) atoms. The van der Waals surface area contributed by atoms with Crippen LogP contribution in [0.4, 0.5) is 0 Å². The minimum atomic E-state index is -0.943. The van der Waals surface area contributed by atoms with Gasteiger partial charge in [-0.05, 0) is 54.1 Å². The van der Waals surface area contributed by atoms with E-state index in [1.54, 1.807) is 16.8 Å². The molecule has 1 heterocycles. The van der Waals surface area contributed by atoms with E-state index in [9.17, 15) is 9.90 Å². The molecule has 1 N–H and O–H groups in total. The summed E-state index contributed by atoms with van der Waals surface area (Å²) in [5, 5.41) is 9.24. The third-order valence-electron chi connectivity index (χ3n) is 3.01. The van der Waals surface area contributed by atoms with Crippen molar-refractivity contribution in [3.63, 3.8) is 0 Å². The number of carboxylic acids is 1. The fourth-order valence-corrected chi connectivity index (χ4v) is 2.40. The lowest BCUT2D eigenvalue weighted by Gasteiger charge is -2.14. The van der Waals surface area contributed by atoms with Crippen molar-refractivity contribution >= 4 is 28.6 Å². The van der Waals surface area contributed by atoms with Gasteiger partial charge < -0.3 is 14.4 Å². The third kappa shape index (κ3) is 3.33. The molecule has 0 bridgehead atoms. The topological polar surface area (TPSA) is 51.5 Å². The van der Waals surface area contributed by atoms with Gasteiger partial charge in [-0.3, -0.25) is 0 Å². The maximum Gasteiger partial charge on any atom is 0.352 e. The Labute approximate surface area is 131 Å². The van der Waals surface area contributed by atoms with E-state index >= 15 is 0 Å². The predicted molar refractivity (Wildman–Crippen MR) is 85.8 cm³/mol. The van der Waals surface area contributed by atoms with Gasteiger partial charge in [-0.25, -0.2) is 4.79 Å². The Hall–Kier alpha value is -1.50. The second-order valence-electron chi connectivity index (χ2n) is 4.55. The van der Waals surface area contributed by atoms with E-state index < -0.39 is 5.97 Å². The van der Waals surface area contributed by atoms with E-state index in [0.717, 1.165) is 21.4 Å². The SMILES string of the molecule is CCC(C)Oc1cccc(-n2cc(I)cc2C(=O)O)c1. The number of nitrogens with zero attached hydrogens (tertiary/aromatic N) is 1. The van der Waals surface area contributed by atoms with Crippen molar-refractivity contribution in [1.29, 1.82) is 0 Å². The van der Waals surface area contributed by atoms with E-state index in [0.29, 0.717) is 0 Å². The molecular weight excluding hydrogens is 369 g/mol. The van der Waals surface area contributed by atoms with Gasteiger partial charge in [0, 0.05) is 21.5 Å². The zero-order valence-electron chi connectivity index (χ0n) is 11.3. The lowest BCUT2D eigenvalue weighted by atomic mass is 10.2. The summed E-state index contributed by atoms with van der Waals surface area (Å²) < 4.78 is 8.31. The predicted octanol–water partition coefficient (Wildman–Crippen LogP) is 3.96. The van der Waals surface area contributed by atoms with Gasteiger partial charge in [-0.1, -0.05) is 13.0 Å². The summed E-state index contributed by atoms with van der Waals surface area (Å²) in [4.78, 5) is 11.3. The van der Waals surface area contributed by atoms with Crippen LogP contribution in [0.5, 0.6) is 5.75 Å². The number of ether oxygens (including phenoxy) is 1. The molecular formula is C15H16INO3. The van der Waals surface area contributed by atoms with Crippen LogP contribution in [0, 0.1) is 3.57 Å². The van der Waals surface area contributed by atoms with Crippen LogP contribution in [0.15, 0.2) is 36.5 Å². The molecule has 0 saturated carbocycles. The van der Waals surface area contributed by atoms with Crippen LogP contribution in [-0.4, -0.2) is 21.7 Å². The van der Waals surface area contributed by atoms with Crippen molar-refractivity contribution in [2.75, 3.05) is 0 Å². The Bertz CT molecular complexity index is 621. The van der Waals surface area contributed by atoms with E-state index in [4.69, 9.17) is 4.74 Å². The van der Waals surface area contributed by atoms with Gasteiger partial charge in [-0.15, -0.1) is 0 Å². The second kappa shape index (κ2) is 6.30. The molecule has 2 aromatic rings. The van der Waals surface area contributed by atoms with Crippen molar-refractivity contribution in [2.24, 2.45) is 0 Å². The Morgan fingerprint density at radius 2 is 2.20 bits per heavy atom. The monoisotopic (exact) mass is 385 g/mol. The number of rotatable bonds is 5. The summed E-state index contributed by atoms with van der Waals surface area (Å²) >= 11 is 2.11. The maximum atomic E-state index is 11.3. The number of halogens is 1. The number of carboxylic acid groups (broad SMARTS) is 1. The van der Waals surface area contributed by atoms with Gasteiger partial charge in [0.25, 0.3) is 0 Å². The fraction of sp³-hybridized carbons (Fsp3) is 0.267. The van der Waals surface area contributed by atoms with Crippen LogP contribution in [0.2, 0.25) is 0 Å². The molecule has 0 aliphatic carbocycles. The van der Waals surface area contributed by atoms with E-state index in [1.165, 1.54) is 0 Å².